The number of carbonyl (C=O) groups is 2. The van der Waals surface area contributed by atoms with Gasteiger partial charge in [-0.05, 0) is 49.7 Å². The van der Waals surface area contributed by atoms with Crippen molar-refractivity contribution in [3.8, 4) is 0 Å². The highest BCUT2D eigenvalue weighted by Gasteiger charge is 2.43. The minimum absolute atomic E-state index is 0.212. The first-order valence-electron chi connectivity index (χ1n) is 9.43. The molecule has 7 heteroatoms. The Morgan fingerprint density at radius 2 is 2.12 bits per heavy atom. The molecule has 1 atom stereocenters. The van der Waals surface area contributed by atoms with Crippen LogP contribution in [0.25, 0.3) is 0 Å². The molecular weight excluding hydrogens is 354 g/mol. The normalized spacial score (nSPS) is 25.1. The summed E-state index contributed by atoms with van der Waals surface area (Å²) >= 11 is 1.34. The van der Waals surface area contributed by atoms with Gasteiger partial charge in [-0.3, -0.25) is 4.79 Å². The molecule has 142 valence electrons. The quantitative estimate of drug-likeness (QED) is 0.874. The van der Waals surface area contributed by atoms with E-state index in [4.69, 9.17) is 9.47 Å². The van der Waals surface area contributed by atoms with Gasteiger partial charge in [0.2, 0.25) is 5.91 Å². The first-order chi connectivity index (χ1) is 12.6. The molecule has 4 heterocycles. The third kappa shape index (κ3) is 3.40. The Morgan fingerprint density at radius 3 is 2.81 bits per heavy atom. The van der Waals surface area contributed by atoms with Crippen molar-refractivity contribution in [2.24, 2.45) is 5.92 Å². The predicted molar refractivity (Wildman–Crippen MR) is 96.6 cm³/mol. The summed E-state index contributed by atoms with van der Waals surface area (Å²) in [6.45, 7) is 3.48. The fourth-order valence-electron chi connectivity index (χ4n) is 4.36. The van der Waals surface area contributed by atoms with Crippen molar-refractivity contribution < 1.29 is 24.2 Å². The summed E-state index contributed by atoms with van der Waals surface area (Å²) in [7, 11) is 0. The number of likely N-dealkylation sites (tertiary alicyclic amines) is 1. The molecule has 1 aromatic heterocycles. The Morgan fingerprint density at radius 1 is 1.31 bits per heavy atom. The lowest BCUT2D eigenvalue weighted by atomic mass is 9.85. The van der Waals surface area contributed by atoms with Crippen molar-refractivity contribution in [1.82, 2.24) is 4.90 Å². The second-order valence-electron chi connectivity index (χ2n) is 7.53. The van der Waals surface area contributed by atoms with Crippen molar-refractivity contribution in [1.29, 1.82) is 0 Å². The smallest absolute Gasteiger partial charge is 0.345 e. The number of nitrogens with zero attached hydrogens (tertiary/aromatic N) is 1. The van der Waals surface area contributed by atoms with E-state index in [0.29, 0.717) is 43.5 Å². The van der Waals surface area contributed by atoms with Crippen LogP contribution in [0.4, 0.5) is 0 Å². The van der Waals surface area contributed by atoms with E-state index in [9.17, 15) is 14.7 Å². The van der Waals surface area contributed by atoms with E-state index in [-0.39, 0.29) is 5.91 Å². The fourth-order valence-corrected chi connectivity index (χ4v) is 5.61. The molecule has 3 aliphatic rings. The largest absolute Gasteiger partial charge is 0.477 e. The van der Waals surface area contributed by atoms with Crippen LogP contribution in [0.2, 0.25) is 0 Å². The Balaban J connectivity index is 1.42. The summed E-state index contributed by atoms with van der Waals surface area (Å²) in [6.07, 6.45) is 4.94. The lowest BCUT2D eigenvalue weighted by Crippen LogP contribution is -2.48. The van der Waals surface area contributed by atoms with Crippen molar-refractivity contribution in [2.75, 3.05) is 32.9 Å². The number of ether oxygens (including phenoxy) is 2. The molecule has 0 aromatic carbocycles. The molecule has 1 aromatic rings. The van der Waals surface area contributed by atoms with Gasteiger partial charge >= 0.3 is 5.97 Å². The Kier molecular flexibility index (Phi) is 5.03. The number of rotatable bonds is 3. The van der Waals surface area contributed by atoms with Crippen LogP contribution in [0, 0.1) is 5.92 Å². The minimum atomic E-state index is -0.873. The number of fused-ring (bicyclic) bond motifs is 2. The van der Waals surface area contributed by atoms with Crippen molar-refractivity contribution >= 4 is 23.2 Å². The van der Waals surface area contributed by atoms with Gasteiger partial charge in [0, 0.05) is 37.6 Å². The average molecular weight is 379 g/mol. The second-order valence-corrected chi connectivity index (χ2v) is 8.58. The molecule has 1 unspecified atom stereocenters. The number of carbonyl (C=O) groups excluding carboxylic acids is 1. The molecule has 0 bridgehead atoms. The van der Waals surface area contributed by atoms with Gasteiger partial charge in [-0.2, -0.15) is 0 Å². The van der Waals surface area contributed by atoms with E-state index in [1.165, 1.54) is 11.3 Å². The maximum atomic E-state index is 12.6. The van der Waals surface area contributed by atoms with Gasteiger partial charge in [0.1, 0.15) is 10.5 Å². The van der Waals surface area contributed by atoms with E-state index >= 15 is 0 Å². The summed E-state index contributed by atoms with van der Waals surface area (Å²) in [4.78, 5) is 27.4. The van der Waals surface area contributed by atoms with E-state index in [1.54, 1.807) is 6.07 Å². The Bertz CT molecular complexity index is 686. The van der Waals surface area contributed by atoms with Crippen molar-refractivity contribution in [3.63, 3.8) is 0 Å². The number of carboxylic acid groups (broad SMARTS) is 1. The molecule has 0 aliphatic carbocycles. The number of hydrogen-bond donors (Lipinski definition) is 1. The first kappa shape index (κ1) is 17.9. The zero-order valence-corrected chi connectivity index (χ0v) is 15.7. The number of hydrogen-bond acceptors (Lipinski definition) is 5. The Hall–Kier alpha value is -1.44. The van der Waals surface area contributed by atoms with E-state index < -0.39 is 11.6 Å². The summed E-state index contributed by atoms with van der Waals surface area (Å²) in [5.74, 6) is -0.314. The zero-order chi connectivity index (χ0) is 18.1. The van der Waals surface area contributed by atoms with Crippen molar-refractivity contribution in [2.45, 2.75) is 44.1 Å². The Labute approximate surface area is 157 Å². The summed E-state index contributed by atoms with van der Waals surface area (Å²) < 4.78 is 11.6. The number of thiophene rings is 1. The van der Waals surface area contributed by atoms with Crippen LogP contribution in [0.5, 0.6) is 0 Å². The van der Waals surface area contributed by atoms with Gasteiger partial charge in [-0.15, -0.1) is 11.3 Å². The number of aromatic carboxylic acids is 1. The monoisotopic (exact) mass is 379 g/mol. The summed E-state index contributed by atoms with van der Waals surface area (Å²) in [6, 6.07) is 1.80. The van der Waals surface area contributed by atoms with Crippen LogP contribution in [0.3, 0.4) is 0 Å². The van der Waals surface area contributed by atoms with Crippen LogP contribution in [0.1, 0.15) is 52.2 Å². The van der Waals surface area contributed by atoms with E-state index in [1.807, 2.05) is 4.90 Å². The highest BCUT2D eigenvalue weighted by molar-refractivity contribution is 7.14. The number of amides is 1. The van der Waals surface area contributed by atoms with Crippen molar-refractivity contribution in [3.05, 3.63) is 21.4 Å². The zero-order valence-electron chi connectivity index (χ0n) is 14.9. The molecule has 2 saturated heterocycles. The third-order valence-corrected chi connectivity index (χ3v) is 7.18. The molecule has 3 aliphatic heterocycles. The van der Waals surface area contributed by atoms with Crippen LogP contribution in [0.15, 0.2) is 6.07 Å². The van der Waals surface area contributed by atoms with Gasteiger partial charge in [0.05, 0.1) is 6.61 Å². The molecule has 1 spiro atoms. The van der Waals surface area contributed by atoms with E-state index in [2.05, 4.69) is 0 Å². The van der Waals surface area contributed by atoms with Gasteiger partial charge in [0.25, 0.3) is 0 Å². The summed E-state index contributed by atoms with van der Waals surface area (Å²) in [5, 5.41) is 9.30. The molecule has 2 fully saturated rings. The van der Waals surface area contributed by atoms with Crippen LogP contribution >= 0.6 is 11.3 Å². The van der Waals surface area contributed by atoms with Crippen LogP contribution in [-0.4, -0.2) is 54.8 Å². The van der Waals surface area contributed by atoms with Gasteiger partial charge < -0.3 is 19.5 Å². The van der Waals surface area contributed by atoms with Crippen LogP contribution < -0.4 is 0 Å². The van der Waals surface area contributed by atoms with Gasteiger partial charge in [-0.1, -0.05) is 0 Å². The highest BCUT2D eigenvalue weighted by Crippen LogP contribution is 2.45. The first-order valence-corrected chi connectivity index (χ1v) is 10.2. The topological polar surface area (TPSA) is 76.1 Å². The maximum Gasteiger partial charge on any atom is 0.345 e. The molecule has 0 saturated carbocycles. The molecule has 0 radical (unpaired) electrons. The maximum absolute atomic E-state index is 12.6. The molecular formula is C19H25NO5S. The molecule has 1 amide bonds. The standard InChI is InChI=1S/C19H25NO5S/c21-16(10-13-2-1-8-24-12-13)20-6-4-19(5-7-20)17-14(3-9-25-19)11-15(26-17)18(22)23/h11,13H,1-10,12H2,(H,22,23). The third-order valence-electron chi connectivity index (χ3n) is 5.83. The minimum Gasteiger partial charge on any atom is -0.477 e. The molecule has 26 heavy (non-hydrogen) atoms. The molecule has 1 N–H and O–H groups in total. The predicted octanol–water partition coefficient (Wildman–Crippen LogP) is 2.65. The van der Waals surface area contributed by atoms with Gasteiger partial charge in [-0.25, -0.2) is 4.79 Å². The lowest BCUT2D eigenvalue weighted by molar-refractivity contribution is -0.142. The molecule has 6 nitrogen and oxygen atoms in total. The SMILES string of the molecule is O=C(O)c1cc2c(s1)C1(CCN(C(=O)CC3CCCOC3)CC1)OCC2. The summed E-state index contributed by atoms with van der Waals surface area (Å²) in [5.41, 5.74) is 0.703. The average Bonchev–Trinajstić information content (AvgIpc) is 3.10. The highest BCUT2D eigenvalue weighted by atomic mass is 32.1. The number of carboxylic acids is 1. The fraction of sp³-hybridized carbons (Fsp3) is 0.684. The molecule has 4 rings (SSSR count). The number of piperidine rings is 1. The lowest BCUT2D eigenvalue weighted by Gasteiger charge is -2.44. The second kappa shape index (κ2) is 7.29. The van der Waals surface area contributed by atoms with Crippen LogP contribution in [-0.2, 0) is 26.3 Å². The van der Waals surface area contributed by atoms with Gasteiger partial charge in [0.15, 0.2) is 0 Å². The van der Waals surface area contributed by atoms with E-state index in [0.717, 1.165) is 49.2 Å².